The average molecular weight is 272 g/mol. The number of nitro groups is 1. The van der Waals surface area contributed by atoms with E-state index in [1.807, 2.05) is 0 Å². The number of nitrogen functional groups attached to an aromatic ring is 1. The number of rotatable bonds is 2. The Hall–Kier alpha value is -2.58. The predicted molar refractivity (Wildman–Crippen MR) is 60.1 cm³/mol. The number of hydrogen-bond donors (Lipinski definition) is 2. The van der Waals surface area contributed by atoms with Crippen molar-refractivity contribution in [3.8, 4) is 11.3 Å². The molecule has 0 bridgehead atoms. The number of aromatic amines is 1. The lowest BCUT2D eigenvalue weighted by Gasteiger charge is -2.07. The van der Waals surface area contributed by atoms with E-state index in [1.54, 1.807) is 0 Å². The maximum Gasteiger partial charge on any atom is 0.416 e. The number of hydrogen-bond acceptors (Lipinski definition) is 4. The molecule has 0 saturated carbocycles. The zero-order valence-corrected chi connectivity index (χ0v) is 9.23. The van der Waals surface area contributed by atoms with Crippen molar-refractivity contribution in [3.05, 3.63) is 40.1 Å². The van der Waals surface area contributed by atoms with Crippen LogP contribution in [0.4, 0.5) is 24.8 Å². The molecule has 2 aromatic rings. The highest BCUT2D eigenvalue weighted by Crippen LogP contribution is 2.36. The second-order valence-electron chi connectivity index (χ2n) is 3.67. The summed E-state index contributed by atoms with van der Waals surface area (Å²) in [6, 6.07) is 2.25. The van der Waals surface area contributed by atoms with Gasteiger partial charge in [0.1, 0.15) is 0 Å². The zero-order chi connectivity index (χ0) is 14.2. The number of alkyl halides is 3. The van der Waals surface area contributed by atoms with Gasteiger partial charge in [-0.15, -0.1) is 0 Å². The monoisotopic (exact) mass is 272 g/mol. The van der Waals surface area contributed by atoms with Crippen molar-refractivity contribution in [2.24, 2.45) is 0 Å². The minimum Gasteiger partial charge on any atom is -0.369 e. The number of nitrogens with one attached hydrogen (secondary N) is 1. The maximum absolute atomic E-state index is 12.5. The SMILES string of the molecule is Nc1ncc(-c2ccc(C(F)(F)F)cc2[N+](=O)[O-])[nH]1. The molecule has 3 N–H and O–H groups in total. The average Bonchev–Trinajstić information content (AvgIpc) is 2.73. The Balaban J connectivity index is 2.60. The topological polar surface area (TPSA) is 97.8 Å². The molecule has 0 unspecified atom stereocenters. The molecule has 100 valence electrons. The number of nitrogens with two attached hydrogens (primary N) is 1. The van der Waals surface area contributed by atoms with E-state index in [-0.39, 0.29) is 17.2 Å². The first-order valence-electron chi connectivity index (χ1n) is 4.95. The lowest BCUT2D eigenvalue weighted by atomic mass is 10.1. The fourth-order valence-electron chi connectivity index (χ4n) is 1.56. The molecule has 0 radical (unpaired) electrons. The minimum atomic E-state index is -4.64. The van der Waals surface area contributed by atoms with E-state index in [0.29, 0.717) is 6.07 Å². The molecule has 1 heterocycles. The number of H-pyrrole nitrogens is 1. The summed E-state index contributed by atoms with van der Waals surface area (Å²) in [5.74, 6) is 0.0178. The Bertz CT molecular complexity index is 636. The van der Waals surface area contributed by atoms with Crippen LogP contribution in [0.25, 0.3) is 11.3 Å². The van der Waals surface area contributed by atoms with Gasteiger partial charge in [-0.3, -0.25) is 10.1 Å². The number of anilines is 1. The van der Waals surface area contributed by atoms with Crippen molar-refractivity contribution < 1.29 is 18.1 Å². The van der Waals surface area contributed by atoms with Crippen molar-refractivity contribution >= 4 is 11.6 Å². The molecule has 0 aliphatic carbocycles. The number of imidazole rings is 1. The summed E-state index contributed by atoms with van der Waals surface area (Å²) >= 11 is 0. The normalized spacial score (nSPS) is 11.5. The van der Waals surface area contributed by atoms with Gasteiger partial charge >= 0.3 is 6.18 Å². The first kappa shape index (κ1) is 12.9. The van der Waals surface area contributed by atoms with Crippen LogP contribution in [0, 0.1) is 10.1 Å². The van der Waals surface area contributed by atoms with E-state index >= 15 is 0 Å². The van der Waals surface area contributed by atoms with E-state index < -0.39 is 22.4 Å². The van der Waals surface area contributed by atoms with Crippen molar-refractivity contribution in [1.29, 1.82) is 0 Å². The molecule has 0 atom stereocenters. The van der Waals surface area contributed by atoms with E-state index in [9.17, 15) is 23.3 Å². The molecular formula is C10H7F3N4O2. The van der Waals surface area contributed by atoms with Gasteiger partial charge in [-0.2, -0.15) is 13.2 Å². The van der Waals surface area contributed by atoms with E-state index in [2.05, 4.69) is 9.97 Å². The van der Waals surface area contributed by atoms with Crippen LogP contribution in [0.1, 0.15) is 5.56 Å². The number of nitro benzene ring substituents is 1. The second-order valence-corrected chi connectivity index (χ2v) is 3.67. The highest BCUT2D eigenvalue weighted by atomic mass is 19.4. The van der Waals surface area contributed by atoms with E-state index in [4.69, 9.17) is 5.73 Å². The second kappa shape index (κ2) is 4.26. The Kier molecular flexibility index (Phi) is 2.89. The Morgan fingerprint density at radius 1 is 1.37 bits per heavy atom. The first-order chi connectivity index (χ1) is 8.79. The molecule has 0 saturated heterocycles. The molecule has 0 fully saturated rings. The quantitative estimate of drug-likeness (QED) is 0.648. The van der Waals surface area contributed by atoms with Crippen molar-refractivity contribution in [3.63, 3.8) is 0 Å². The number of nitrogens with zero attached hydrogens (tertiary/aromatic N) is 2. The molecule has 1 aromatic heterocycles. The van der Waals surface area contributed by atoms with Crippen LogP contribution >= 0.6 is 0 Å². The van der Waals surface area contributed by atoms with Crippen LogP contribution in [0.2, 0.25) is 0 Å². The molecule has 19 heavy (non-hydrogen) atoms. The summed E-state index contributed by atoms with van der Waals surface area (Å²) in [7, 11) is 0. The third-order valence-electron chi connectivity index (χ3n) is 2.41. The first-order valence-corrected chi connectivity index (χ1v) is 4.95. The van der Waals surface area contributed by atoms with Crippen LogP contribution in [-0.2, 0) is 6.18 Å². The van der Waals surface area contributed by atoms with E-state index in [1.165, 1.54) is 6.20 Å². The Morgan fingerprint density at radius 2 is 2.05 bits per heavy atom. The van der Waals surface area contributed by atoms with Gasteiger partial charge in [0.05, 0.1) is 27.9 Å². The summed E-state index contributed by atoms with van der Waals surface area (Å²) < 4.78 is 37.5. The minimum absolute atomic E-state index is 0.0119. The highest BCUT2D eigenvalue weighted by molar-refractivity contribution is 5.71. The van der Waals surface area contributed by atoms with Crippen molar-refractivity contribution in [2.75, 3.05) is 5.73 Å². The van der Waals surface area contributed by atoms with Crippen LogP contribution < -0.4 is 5.73 Å². The number of aromatic nitrogens is 2. The molecule has 6 nitrogen and oxygen atoms in total. The van der Waals surface area contributed by atoms with Gasteiger partial charge in [-0.1, -0.05) is 0 Å². The van der Waals surface area contributed by atoms with Gasteiger partial charge in [-0.25, -0.2) is 4.98 Å². The Morgan fingerprint density at radius 3 is 2.53 bits per heavy atom. The molecule has 1 aromatic carbocycles. The predicted octanol–water partition coefficient (Wildman–Crippen LogP) is 2.59. The summed E-state index contributed by atoms with van der Waals surface area (Å²) in [5, 5.41) is 10.9. The lowest BCUT2D eigenvalue weighted by Crippen LogP contribution is -2.06. The van der Waals surface area contributed by atoms with Gasteiger partial charge < -0.3 is 10.7 Å². The van der Waals surface area contributed by atoms with Crippen molar-refractivity contribution in [1.82, 2.24) is 9.97 Å². The van der Waals surface area contributed by atoms with Gasteiger partial charge in [-0.05, 0) is 12.1 Å². The fraction of sp³-hybridized carbons (Fsp3) is 0.100. The number of halogens is 3. The third kappa shape index (κ3) is 2.49. The van der Waals surface area contributed by atoms with Crippen LogP contribution in [0.15, 0.2) is 24.4 Å². The maximum atomic E-state index is 12.5. The molecule has 0 spiro atoms. The summed E-state index contributed by atoms with van der Waals surface area (Å²) in [6.45, 7) is 0. The van der Waals surface area contributed by atoms with Crippen molar-refractivity contribution in [2.45, 2.75) is 6.18 Å². The van der Waals surface area contributed by atoms with Crippen LogP contribution in [-0.4, -0.2) is 14.9 Å². The molecule has 2 rings (SSSR count). The smallest absolute Gasteiger partial charge is 0.369 e. The van der Waals surface area contributed by atoms with Gasteiger partial charge in [0.15, 0.2) is 5.95 Å². The van der Waals surface area contributed by atoms with Gasteiger partial charge in [0, 0.05) is 6.07 Å². The largest absolute Gasteiger partial charge is 0.416 e. The van der Waals surface area contributed by atoms with Crippen LogP contribution in [0.5, 0.6) is 0 Å². The fourth-order valence-corrected chi connectivity index (χ4v) is 1.56. The molecule has 0 aliphatic heterocycles. The molecule has 9 heteroatoms. The molecule has 0 amide bonds. The molecular weight excluding hydrogens is 265 g/mol. The summed E-state index contributed by atoms with van der Waals surface area (Å²) in [4.78, 5) is 16.1. The zero-order valence-electron chi connectivity index (χ0n) is 9.23. The van der Waals surface area contributed by atoms with E-state index in [0.717, 1.165) is 12.1 Å². The lowest BCUT2D eigenvalue weighted by molar-refractivity contribution is -0.384. The molecule has 0 aliphatic rings. The summed E-state index contributed by atoms with van der Waals surface area (Å²) in [6.07, 6.45) is -3.43. The van der Waals surface area contributed by atoms with Crippen LogP contribution in [0.3, 0.4) is 0 Å². The third-order valence-corrected chi connectivity index (χ3v) is 2.41. The standard InChI is InChI=1S/C10H7F3N4O2/c11-10(12,13)5-1-2-6(8(3-5)17(18)19)7-4-15-9(14)16-7/h1-4H,(H3,14,15,16). The van der Waals surface area contributed by atoms with Gasteiger partial charge in [0.2, 0.25) is 0 Å². The highest BCUT2D eigenvalue weighted by Gasteiger charge is 2.33. The van der Waals surface area contributed by atoms with Gasteiger partial charge in [0.25, 0.3) is 5.69 Å². The summed E-state index contributed by atoms with van der Waals surface area (Å²) in [5.41, 5.74) is 3.74. The number of benzene rings is 1. The Labute approximate surface area is 104 Å².